The molecule has 3 aromatic carbocycles. The number of sulfonamides is 1. The van der Waals surface area contributed by atoms with Crippen LogP contribution in [-0.4, -0.2) is 44.5 Å². The third-order valence-corrected chi connectivity index (χ3v) is 7.03. The Morgan fingerprint density at radius 3 is 2.24 bits per heavy atom. The van der Waals surface area contributed by atoms with Crippen LogP contribution < -0.4 is 18.9 Å². The molecule has 4 rings (SSSR count). The van der Waals surface area contributed by atoms with Crippen molar-refractivity contribution in [2.45, 2.75) is 13.5 Å². The fourth-order valence-electron chi connectivity index (χ4n) is 3.63. The van der Waals surface area contributed by atoms with Crippen LogP contribution in [0.15, 0.2) is 66.7 Å². The van der Waals surface area contributed by atoms with E-state index in [0.717, 1.165) is 44.3 Å². The minimum Gasteiger partial charge on any atom is -0.497 e. The van der Waals surface area contributed by atoms with Gasteiger partial charge < -0.3 is 19.3 Å². The third-order valence-electron chi connectivity index (χ3n) is 5.35. The van der Waals surface area contributed by atoms with Crippen molar-refractivity contribution in [3.63, 3.8) is 0 Å². The maximum Gasteiger partial charge on any atom is 0.341 e. The van der Waals surface area contributed by atoms with Gasteiger partial charge in [0, 0.05) is 11.3 Å². The van der Waals surface area contributed by atoms with Crippen LogP contribution in [0.2, 0.25) is 0 Å². The first-order valence-corrected chi connectivity index (χ1v) is 14.1. The lowest BCUT2D eigenvalue weighted by Gasteiger charge is -2.09. The number of anilines is 1. The zero-order valence-electron chi connectivity index (χ0n) is 20.9. The third kappa shape index (κ3) is 7.02. The van der Waals surface area contributed by atoms with Gasteiger partial charge in [0.05, 0.1) is 23.9 Å². The highest BCUT2D eigenvalue weighted by Crippen LogP contribution is 2.38. The Morgan fingerprint density at radius 2 is 1.63 bits per heavy atom. The molecule has 1 aromatic heterocycles. The van der Waals surface area contributed by atoms with Crippen LogP contribution in [-0.2, 0) is 21.4 Å². The van der Waals surface area contributed by atoms with E-state index in [1.807, 2.05) is 43.3 Å². The van der Waals surface area contributed by atoms with Gasteiger partial charge in [-0.1, -0.05) is 12.1 Å². The standard InChI is InChI=1S/C27H26N2O7S2/c1-17-14-22(12-13-23(17)36-16-25(30)31)35-15-24-28-26(18-6-10-21(34-2)11-7-18)27(37-24)19-4-8-20(9-5-19)29-38(3,32)33/h4-14,29H,15-16H2,1-3H3,(H,30,31). The van der Waals surface area contributed by atoms with Gasteiger partial charge in [0.2, 0.25) is 10.0 Å². The number of thiazole rings is 1. The van der Waals surface area contributed by atoms with E-state index in [9.17, 15) is 13.2 Å². The number of hydrogen-bond donors (Lipinski definition) is 2. The molecular formula is C27H26N2O7S2. The summed E-state index contributed by atoms with van der Waals surface area (Å²) in [7, 11) is -1.77. The van der Waals surface area contributed by atoms with E-state index in [1.165, 1.54) is 11.3 Å². The molecule has 0 fully saturated rings. The first-order valence-electron chi connectivity index (χ1n) is 11.4. The minimum atomic E-state index is -3.38. The first-order chi connectivity index (χ1) is 18.1. The predicted octanol–water partition coefficient (Wildman–Crippen LogP) is 5.21. The second kappa shape index (κ2) is 11.5. The van der Waals surface area contributed by atoms with Crippen LogP contribution in [0.1, 0.15) is 10.6 Å². The molecule has 38 heavy (non-hydrogen) atoms. The van der Waals surface area contributed by atoms with Gasteiger partial charge in [-0.2, -0.15) is 0 Å². The van der Waals surface area contributed by atoms with Gasteiger partial charge in [-0.05, 0) is 72.6 Å². The van der Waals surface area contributed by atoms with Crippen LogP contribution in [0.4, 0.5) is 5.69 Å². The largest absolute Gasteiger partial charge is 0.497 e. The lowest BCUT2D eigenvalue weighted by atomic mass is 10.1. The zero-order valence-corrected chi connectivity index (χ0v) is 22.6. The van der Waals surface area contributed by atoms with Gasteiger partial charge in [0.15, 0.2) is 6.61 Å². The molecule has 198 valence electrons. The van der Waals surface area contributed by atoms with Gasteiger partial charge in [0.1, 0.15) is 28.9 Å². The number of carboxylic acids is 1. The summed E-state index contributed by atoms with van der Waals surface area (Å²) < 4.78 is 42.1. The molecule has 0 aliphatic heterocycles. The molecule has 4 aromatic rings. The van der Waals surface area contributed by atoms with Crippen molar-refractivity contribution in [2.24, 2.45) is 0 Å². The van der Waals surface area contributed by atoms with E-state index in [2.05, 4.69) is 4.72 Å². The van der Waals surface area contributed by atoms with Gasteiger partial charge >= 0.3 is 5.97 Å². The van der Waals surface area contributed by atoms with Crippen molar-refractivity contribution in [1.82, 2.24) is 4.98 Å². The quantitative estimate of drug-likeness (QED) is 0.259. The number of nitrogens with one attached hydrogen (secondary N) is 1. The summed E-state index contributed by atoms with van der Waals surface area (Å²) in [5.41, 5.74) is 3.78. The first kappa shape index (κ1) is 27.0. The summed E-state index contributed by atoms with van der Waals surface area (Å²) in [6.45, 7) is 1.62. The van der Waals surface area contributed by atoms with E-state index < -0.39 is 22.6 Å². The number of rotatable bonds is 11. The molecule has 9 nitrogen and oxygen atoms in total. The SMILES string of the molecule is COc1ccc(-c2nc(COc3ccc(OCC(=O)O)c(C)c3)sc2-c2ccc(NS(C)(=O)=O)cc2)cc1. The summed E-state index contributed by atoms with van der Waals surface area (Å²) in [4.78, 5) is 16.5. The number of benzene rings is 3. The molecule has 0 spiro atoms. The number of ether oxygens (including phenoxy) is 3. The van der Waals surface area contributed by atoms with Gasteiger partial charge in [0.25, 0.3) is 0 Å². The number of carbonyl (C=O) groups is 1. The topological polar surface area (TPSA) is 124 Å². The fourth-order valence-corrected chi connectivity index (χ4v) is 5.20. The van der Waals surface area contributed by atoms with Crippen LogP contribution in [0.5, 0.6) is 17.2 Å². The van der Waals surface area contributed by atoms with Gasteiger partial charge in [-0.25, -0.2) is 18.2 Å². The van der Waals surface area contributed by atoms with Crippen molar-refractivity contribution in [1.29, 1.82) is 0 Å². The van der Waals surface area contributed by atoms with Crippen LogP contribution >= 0.6 is 11.3 Å². The number of hydrogen-bond acceptors (Lipinski definition) is 8. The van der Waals surface area contributed by atoms with E-state index in [-0.39, 0.29) is 6.61 Å². The van der Waals surface area contributed by atoms with Crippen molar-refractivity contribution in [3.8, 4) is 38.9 Å². The second-order valence-electron chi connectivity index (χ2n) is 8.36. The Hall–Kier alpha value is -4.09. The highest BCUT2D eigenvalue weighted by Gasteiger charge is 2.16. The molecule has 0 atom stereocenters. The minimum absolute atomic E-state index is 0.219. The van der Waals surface area contributed by atoms with Crippen LogP contribution in [0.25, 0.3) is 21.7 Å². The Morgan fingerprint density at radius 1 is 0.974 bits per heavy atom. The van der Waals surface area contributed by atoms with Crippen molar-refractivity contribution >= 4 is 33.0 Å². The second-order valence-corrected chi connectivity index (χ2v) is 11.2. The molecule has 0 saturated carbocycles. The monoisotopic (exact) mass is 554 g/mol. The number of nitrogens with zero attached hydrogens (tertiary/aromatic N) is 1. The molecular weight excluding hydrogens is 528 g/mol. The molecule has 0 aliphatic carbocycles. The Balaban J connectivity index is 1.60. The lowest BCUT2D eigenvalue weighted by molar-refractivity contribution is -0.139. The molecule has 2 N–H and O–H groups in total. The molecule has 0 amide bonds. The molecule has 0 aliphatic rings. The smallest absolute Gasteiger partial charge is 0.341 e. The Bertz CT molecular complexity index is 1530. The number of aliphatic carboxylic acids is 1. The van der Waals surface area contributed by atoms with Gasteiger partial charge in [-0.3, -0.25) is 4.72 Å². The summed E-state index contributed by atoms with van der Waals surface area (Å²) in [6, 6.07) is 19.9. The maximum absolute atomic E-state index is 11.6. The molecule has 0 radical (unpaired) electrons. The van der Waals surface area contributed by atoms with Crippen molar-refractivity contribution in [2.75, 3.05) is 24.7 Å². The molecule has 0 unspecified atom stereocenters. The predicted molar refractivity (Wildman–Crippen MR) is 147 cm³/mol. The molecule has 11 heteroatoms. The Labute approximate surface area is 224 Å². The number of methoxy groups -OCH3 is 1. The zero-order chi connectivity index (χ0) is 27.3. The fraction of sp³-hybridized carbons (Fsp3) is 0.185. The highest BCUT2D eigenvalue weighted by molar-refractivity contribution is 7.92. The van der Waals surface area contributed by atoms with E-state index in [0.29, 0.717) is 17.2 Å². The molecule has 1 heterocycles. The van der Waals surface area contributed by atoms with E-state index in [1.54, 1.807) is 37.4 Å². The maximum atomic E-state index is 11.6. The van der Waals surface area contributed by atoms with Crippen LogP contribution in [0.3, 0.4) is 0 Å². The number of aromatic nitrogens is 1. The normalized spacial score (nSPS) is 11.1. The summed E-state index contributed by atoms with van der Waals surface area (Å²) in [5, 5.41) is 9.56. The van der Waals surface area contributed by atoms with Crippen molar-refractivity contribution in [3.05, 3.63) is 77.3 Å². The highest BCUT2D eigenvalue weighted by atomic mass is 32.2. The summed E-state index contributed by atoms with van der Waals surface area (Å²) in [5.74, 6) is 0.769. The average molecular weight is 555 g/mol. The lowest BCUT2D eigenvalue weighted by Crippen LogP contribution is -2.10. The van der Waals surface area contributed by atoms with E-state index >= 15 is 0 Å². The van der Waals surface area contributed by atoms with Crippen molar-refractivity contribution < 1.29 is 32.5 Å². The molecule has 0 saturated heterocycles. The summed E-state index contributed by atoms with van der Waals surface area (Å²) >= 11 is 1.48. The van der Waals surface area contributed by atoms with E-state index in [4.69, 9.17) is 24.3 Å². The van der Waals surface area contributed by atoms with Gasteiger partial charge in [-0.15, -0.1) is 11.3 Å². The van der Waals surface area contributed by atoms with Crippen LogP contribution in [0, 0.1) is 6.92 Å². The number of carboxylic acid groups (broad SMARTS) is 1. The summed E-state index contributed by atoms with van der Waals surface area (Å²) in [6.07, 6.45) is 1.11. The number of aryl methyl sites for hydroxylation is 1. The molecule has 0 bridgehead atoms. The Kier molecular flexibility index (Phi) is 8.18. The average Bonchev–Trinajstić information content (AvgIpc) is 3.30.